The smallest absolute Gasteiger partial charge is 0.335 e. The number of halogens is 1. The summed E-state index contributed by atoms with van der Waals surface area (Å²) in [6, 6.07) is 4.17. The Hall–Kier alpha value is -1.12. The molecule has 104 valence electrons. The molecule has 1 aromatic carbocycles. The molecule has 1 saturated heterocycles. The lowest BCUT2D eigenvalue weighted by atomic mass is 10.2. The van der Waals surface area contributed by atoms with Crippen LogP contribution in [0.1, 0.15) is 10.4 Å². The van der Waals surface area contributed by atoms with Gasteiger partial charge in [-0.25, -0.2) is 13.2 Å². The van der Waals surface area contributed by atoms with Gasteiger partial charge in [0.15, 0.2) is 9.84 Å². The Labute approximate surface area is 118 Å². The number of carboxylic acid groups (broad SMARTS) is 1. The van der Waals surface area contributed by atoms with Gasteiger partial charge < -0.3 is 14.9 Å². The summed E-state index contributed by atoms with van der Waals surface area (Å²) in [6.07, 6.45) is -1.99. The number of aromatic carboxylic acids is 1. The fraction of sp³-hybridized carbons (Fsp3) is 0.364. The van der Waals surface area contributed by atoms with Crippen LogP contribution in [0.25, 0.3) is 0 Å². The predicted octanol–water partition coefficient (Wildman–Crippen LogP) is 0.684. The van der Waals surface area contributed by atoms with Crippen molar-refractivity contribution < 1.29 is 28.2 Å². The summed E-state index contributed by atoms with van der Waals surface area (Å²) in [5.41, 5.74) is 0.0218. The van der Waals surface area contributed by atoms with E-state index in [4.69, 9.17) is 9.84 Å². The monoisotopic (exact) mass is 350 g/mol. The predicted molar refractivity (Wildman–Crippen MR) is 70.2 cm³/mol. The molecule has 6 nitrogen and oxygen atoms in total. The zero-order valence-corrected chi connectivity index (χ0v) is 12.0. The first kappa shape index (κ1) is 14.3. The summed E-state index contributed by atoms with van der Waals surface area (Å²) < 4.78 is 28.6. The van der Waals surface area contributed by atoms with Crippen molar-refractivity contribution in [2.24, 2.45) is 0 Å². The molecule has 2 atom stereocenters. The highest BCUT2D eigenvalue weighted by Gasteiger charge is 2.38. The molecule has 0 spiro atoms. The molecule has 19 heavy (non-hydrogen) atoms. The first-order valence-corrected chi connectivity index (χ1v) is 7.98. The van der Waals surface area contributed by atoms with E-state index in [0.717, 1.165) is 0 Å². The Balaban J connectivity index is 2.24. The van der Waals surface area contributed by atoms with E-state index in [1.54, 1.807) is 0 Å². The van der Waals surface area contributed by atoms with Gasteiger partial charge in [-0.15, -0.1) is 0 Å². The molecule has 0 saturated carbocycles. The fourth-order valence-corrected chi connectivity index (χ4v) is 3.80. The molecule has 1 aromatic rings. The minimum Gasteiger partial charge on any atom is -0.485 e. The van der Waals surface area contributed by atoms with Crippen LogP contribution in [-0.2, 0) is 9.84 Å². The highest BCUT2D eigenvalue weighted by Crippen LogP contribution is 2.29. The molecule has 2 N–H and O–H groups in total. The highest BCUT2D eigenvalue weighted by molar-refractivity contribution is 9.10. The van der Waals surface area contributed by atoms with E-state index in [-0.39, 0.29) is 22.8 Å². The van der Waals surface area contributed by atoms with E-state index in [1.807, 2.05) is 0 Å². The lowest BCUT2D eigenvalue weighted by Gasteiger charge is -2.17. The number of hydrogen-bond donors (Lipinski definition) is 2. The maximum atomic E-state index is 11.4. The average molecular weight is 351 g/mol. The van der Waals surface area contributed by atoms with Crippen LogP contribution in [-0.4, -0.2) is 48.3 Å². The summed E-state index contributed by atoms with van der Waals surface area (Å²) in [5.74, 6) is -1.54. The van der Waals surface area contributed by atoms with Crippen LogP contribution in [0.15, 0.2) is 22.7 Å². The minimum absolute atomic E-state index is 0.0218. The Morgan fingerprint density at radius 1 is 1.37 bits per heavy atom. The van der Waals surface area contributed by atoms with Crippen molar-refractivity contribution in [3.05, 3.63) is 28.2 Å². The molecule has 1 aliphatic heterocycles. The maximum absolute atomic E-state index is 11.4. The maximum Gasteiger partial charge on any atom is 0.335 e. The zero-order chi connectivity index (χ0) is 14.2. The number of carboxylic acids is 1. The van der Waals surface area contributed by atoms with Gasteiger partial charge in [0.1, 0.15) is 18.0 Å². The molecular weight excluding hydrogens is 340 g/mol. The Kier molecular flexibility index (Phi) is 3.84. The summed E-state index contributed by atoms with van der Waals surface area (Å²) in [4.78, 5) is 10.9. The van der Waals surface area contributed by atoms with Crippen molar-refractivity contribution in [1.82, 2.24) is 0 Å². The summed E-state index contributed by atoms with van der Waals surface area (Å²) in [7, 11) is -3.31. The van der Waals surface area contributed by atoms with Crippen molar-refractivity contribution in [2.75, 3.05) is 11.5 Å². The molecule has 2 unspecified atom stereocenters. The van der Waals surface area contributed by atoms with Gasteiger partial charge in [-0.05, 0) is 34.1 Å². The van der Waals surface area contributed by atoms with Crippen molar-refractivity contribution in [3.63, 3.8) is 0 Å². The molecule has 0 amide bonds. The number of carbonyl (C=O) groups is 1. The quantitative estimate of drug-likeness (QED) is 0.831. The second-order valence-corrected chi connectivity index (χ2v) is 7.26. The highest BCUT2D eigenvalue weighted by atomic mass is 79.9. The van der Waals surface area contributed by atoms with E-state index in [0.29, 0.717) is 4.47 Å². The SMILES string of the molecule is O=C(O)c1ccc(Br)c(OC2CS(=O)(=O)CC2O)c1. The molecule has 1 heterocycles. The van der Waals surface area contributed by atoms with Gasteiger partial charge in [-0.3, -0.25) is 0 Å². The number of aliphatic hydroxyl groups excluding tert-OH is 1. The van der Waals surface area contributed by atoms with Gasteiger partial charge in [0, 0.05) is 0 Å². The third kappa shape index (κ3) is 3.26. The third-order valence-electron chi connectivity index (χ3n) is 2.73. The second kappa shape index (κ2) is 5.10. The lowest BCUT2D eigenvalue weighted by Crippen LogP contribution is -2.29. The number of hydrogen-bond acceptors (Lipinski definition) is 5. The van der Waals surface area contributed by atoms with Crippen LogP contribution in [0.2, 0.25) is 0 Å². The van der Waals surface area contributed by atoms with Crippen LogP contribution >= 0.6 is 15.9 Å². The Morgan fingerprint density at radius 3 is 2.58 bits per heavy atom. The lowest BCUT2D eigenvalue weighted by molar-refractivity contribution is 0.0687. The standard InChI is InChI=1S/C11H11BrO6S/c12-7-2-1-6(11(14)15)3-9(7)18-10-5-19(16,17)4-8(10)13/h1-3,8,10,13H,4-5H2,(H,14,15). The summed E-state index contributed by atoms with van der Waals surface area (Å²) >= 11 is 3.19. The van der Waals surface area contributed by atoms with E-state index < -0.39 is 28.0 Å². The first-order chi connectivity index (χ1) is 8.78. The molecular formula is C11H11BrO6S. The van der Waals surface area contributed by atoms with Crippen LogP contribution in [0.3, 0.4) is 0 Å². The number of aliphatic hydroxyl groups is 1. The van der Waals surface area contributed by atoms with Crippen LogP contribution in [0.5, 0.6) is 5.75 Å². The molecule has 1 fully saturated rings. The van der Waals surface area contributed by atoms with E-state index in [2.05, 4.69) is 15.9 Å². The second-order valence-electron chi connectivity index (χ2n) is 4.25. The molecule has 1 aliphatic rings. The number of ether oxygens (including phenoxy) is 1. The topological polar surface area (TPSA) is 101 Å². The third-order valence-corrected chi connectivity index (χ3v) is 5.07. The fourth-order valence-electron chi connectivity index (χ4n) is 1.80. The zero-order valence-electron chi connectivity index (χ0n) is 9.61. The molecule has 8 heteroatoms. The molecule has 0 aliphatic carbocycles. The van der Waals surface area contributed by atoms with Gasteiger partial charge in [0.25, 0.3) is 0 Å². The molecule has 0 aromatic heterocycles. The normalized spacial score (nSPS) is 25.2. The first-order valence-electron chi connectivity index (χ1n) is 5.36. The van der Waals surface area contributed by atoms with E-state index >= 15 is 0 Å². The molecule has 0 bridgehead atoms. The van der Waals surface area contributed by atoms with Crippen LogP contribution in [0.4, 0.5) is 0 Å². The number of benzene rings is 1. The summed E-state index contributed by atoms with van der Waals surface area (Å²) in [5, 5.41) is 18.5. The van der Waals surface area contributed by atoms with Gasteiger partial charge in [-0.1, -0.05) is 0 Å². The van der Waals surface area contributed by atoms with Crippen LogP contribution < -0.4 is 4.74 Å². The van der Waals surface area contributed by atoms with Gasteiger partial charge in [0.2, 0.25) is 0 Å². The Morgan fingerprint density at radius 2 is 2.05 bits per heavy atom. The number of sulfone groups is 1. The Bertz CT molecular complexity index is 612. The molecule has 2 rings (SSSR count). The van der Waals surface area contributed by atoms with Gasteiger partial charge in [-0.2, -0.15) is 0 Å². The van der Waals surface area contributed by atoms with E-state index in [1.165, 1.54) is 18.2 Å². The van der Waals surface area contributed by atoms with Crippen molar-refractivity contribution >= 4 is 31.7 Å². The van der Waals surface area contributed by atoms with E-state index in [9.17, 15) is 18.3 Å². The van der Waals surface area contributed by atoms with Crippen molar-refractivity contribution in [2.45, 2.75) is 12.2 Å². The minimum atomic E-state index is -3.31. The summed E-state index contributed by atoms with van der Waals surface area (Å²) in [6.45, 7) is 0. The van der Waals surface area contributed by atoms with Crippen LogP contribution in [0, 0.1) is 0 Å². The van der Waals surface area contributed by atoms with Gasteiger partial charge >= 0.3 is 5.97 Å². The van der Waals surface area contributed by atoms with Gasteiger partial charge in [0.05, 0.1) is 21.5 Å². The largest absolute Gasteiger partial charge is 0.485 e. The number of rotatable bonds is 3. The van der Waals surface area contributed by atoms with Crippen molar-refractivity contribution in [1.29, 1.82) is 0 Å². The van der Waals surface area contributed by atoms with Crippen molar-refractivity contribution in [3.8, 4) is 5.75 Å². The molecule has 0 radical (unpaired) electrons. The average Bonchev–Trinajstić information content (AvgIpc) is 2.54.